The van der Waals surface area contributed by atoms with Crippen LogP contribution in [0.3, 0.4) is 0 Å². The molecule has 1 rings (SSSR count). The molecule has 0 unspecified atom stereocenters. The van der Waals surface area contributed by atoms with Gasteiger partial charge in [-0.05, 0) is 24.1 Å². The topological polar surface area (TPSA) is 52.3 Å². The Labute approximate surface area is 100.0 Å². The van der Waals surface area contributed by atoms with Crippen LogP contribution in [0.2, 0.25) is 5.02 Å². The van der Waals surface area contributed by atoms with Crippen molar-refractivity contribution >= 4 is 30.0 Å². The zero-order valence-electron chi connectivity index (χ0n) is 8.27. The van der Waals surface area contributed by atoms with E-state index in [0.29, 0.717) is 11.4 Å². The molecule has 5 heteroatoms. The number of halogens is 2. The largest absolute Gasteiger partial charge is 0.468 e. The van der Waals surface area contributed by atoms with Crippen LogP contribution < -0.4 is 5.73 Å². The molecule has 0 aliphatic rings. The van der Waals surface area contributed by atoms with Gasteiger partial charge in [0.15, 0.2) is 0 Å². The second-order valence-electron chi connectivity index (χ2n) is 2.96. The SMILES string of the molecule is COC(=O)[C@@H](N)Cc1cccc(Cl)c1.Cl. The molecular weight excluding hydrogens is 237 g/mol. The molecule has 1 aromatic rings. The number of esters is 1. The normalized spacial score (nSPS) is 11.4. The molecule has 0 aliphatic carbocycles. The summed E-state index contributed by atoms with van der Waals surface area (Å²) in [6.45, 7) is 0. The minimum absolute atomic E-state index is 0. The predicted octanol–water partition coefficient (Wildman–Crippen LogP) is 1.80. The number of benzene rings is 1. The summed E-state index contributed by atoms with van der Waals surface area (Å²) < 4.78 is 4.52. The average molecular weight is 250 g/mol. The highest BCUT2D eigenvalue weighted by atomic mass is 35.5. The lowest BCUT2D eigenvalue weighted by molar-refractivity contribution is -0.142. The summed E-state index contributed by atoms with van der Waals surface area (Å²) in [7, 11) is 1.32. The minimum atomic E-state index is -0.626. The standard InChI is InChI=1S/C10H12ClNO2.ClH/c1-14-10(13)9(12)6-7-3-2-4-8(11)5-7;/h2-5,9H,6,12H2,1H3;1H/t9-;/m0./s1. The molecule has 0 fully saturated rings. The fourth-order valence-corrected chi connectivity index (χ4v) is 1.37. The van der Waals surface area contributed by atoms with E-state index in [9.17, 15) is 4.79 Å². The van der Waals surface area contributed by atoms with E-state index in [-0.39, 0.29) is 12.4 Å². The Bertz CT molecular complexity index is 331. The Morgan fingerprint density at radius 2 is 2.27 bits per heavy atom. The number of carbonyl (C=O) groups is 1. The molecule has 1 atom stereocenters. The Morgan fingerprint density at radius 3 is 2.80 bits per heavy atom. The molecule has 0 aromatic heterocycles. The number of methoxy groups -OCH3 is 1. The maximum Gasteiger partial charge on any atom is 0.322 e. The first-order valence-corrected chi connectivity index (χ1v) is 4.59. The summed E-state index contributed by atoms with van der Waals surface area (Å²) in [5.41, 5.74) is 6.52. The van der Waals surface area contributed by atoms with Gasteiger partial charge in [-0.3, -0.25) is 4.79 Å². The average Bonchev–Trinajstić information content (AvgIpc) is 2.16. The van der Waals surface area contributed by atoms with E-state index in [4.69, 9.17) is 17.3 Å². The van der Waals surface area contributed by atoms with Gasteiger partial charge in [-0.2, -0.15) is 0 Å². The molecule has 0 saturated heterocycles. The molecule has 0 radical (unpaired) electrons. The zero-order chi connectivity index (χ0) is 10.6. The number of hydrogen-bond donors (Lipinski definition) is 1. The van der Waals surface area contributed by atoms with Gasteiger partial charge in [0.05, 0.1) is 7.11 Å². The maximum absolute atomic E-state index is 11.0. The van der Waals surface area contributed by atoms with Gasteiger partial charge in [-0.15, -0.1) is 12.4 Å². The Morgan fingerprint density at radius 1 is 1.60 bits per heavy atom. The lowest BCUT2D eigenvalue weighted by Crippen LogP contribution is -2.33. The van der Waals surface area contributed by atoms with Gasteiger partial charge < -0.3 is 10.5 Å². The summed E-state index contributed by atoms with van der Waals surface area (Å²) in [6, 6.07) is 6.62. The van der Waals surface area contributed by atoms with Crippen LogP contribution in [0, 0.1) is 0 Å². The molecule has 0 amide bonds. The van der Waals surface area contributed by atoms with Crippen LogP contribution in [0.5, 0.6) is 0 Å². The van der Waals surface area contributed by atoms with Crippen molar-refractivity contribution in [2.24, 2.45) is 5.73 Å². The lowest BCUT2D eigenvalue weighted by Gasteiger charge is -2.08. The lowest BCUT2D eigenvalue weighted by atomic mass is 10.1. The fraction of sp³-hybridized carbons (Fsp3) is 0.300. The molecule has 0 heterocycles. The molecule has 15 heavy (non-hydrogen) atoms. The third kappa shape index (κ3) is 4.51. The molecular formula is C10H13Cl2NO2. The number of nitrogens with two attached hydrogens (primary N) is 1. The van der Waals surface area contributed by atoms with Gasteiger partial charge in [0.2, 0.25) is 0 Å². The monoisotopic (exact) mass is 249 g/mol. The number of carbonyl (C=O) groups excluding carboxylic acids is 1. The van der Waals surface area contributed by atoms with Crippen molar-refractivity contribution in [1.29, 1.82) is 0 Å². The van der Waals surface area contributed by atoms with Crippen molar-refractivity contribution in [3.63, 3.8) is 0 Å². The maximum atomic E-state index is 11.0. The quantitative estimate of drug-likeness (QED) is 0.832. The molecule has 0 saturated carbocycles. The Hall–Kier alpha value is -0.770. The van der Waals surface area contributed by atoms with Gasteiger partial charge in [0.25, 0.3) is 0 Å². The van der Waals surface area contributed by atoms with Crippen LogP contribution in [0.15, 0.2) is 24.3 Å². The summed E-state index contributed by atoms with van der Waals surface area (Å²) in [6.07, 6.45) is 0.438. The van der Waals surface area contributed by atoms with E-state index in [1.54, 1.807) is 12.1 Å². The van der Waals surface area contributed by atoms with E-state index in [0.717, 1.165) is 5.56 Å². The molecule has 84 valence electrons. The van der Waals surface area contributed by atoms with Crippen molar-refractivity contribution in [3.05, 3.63) is 34.9 Å². The van der Waals surface area contributed by atoms with Crippen molar-refractivity contribution in [3.8, 4) is 0 Å². The van der Waals surface area contributed by atoms with E-state index in [1.807, 2.05) is 12.1 Å². The van der Waals surface area contributed by atoms with Gasteiger partial charge in [0.1, 0.15) is 6.04 Å². The number of rotatable bonds is 3. The molecule has 2 N–H and O–H groups in total. The van der Waals surface area contributed by atoms with Crippen LogP contribution in [-0.4, -0.2) is 19.1 Å². The van der Waals surface area contributed by atoms with E-state index < -0.39 is 12.0 Å². The summed E-state index contributed by atoms with van der Waals surface area (Å²) in [5.74, 6) is -0.412. The highest BCUT2D eigenvalue weighted by molar-refractivity contribution is 6.30. The van der Waals surface area contributed by atoms with E-state index in [1.165, 1.54) is 7.11 Å². The molecule has 3 nitrogen and oxygen atoms in total. The van der Waals surface area contributed by atoms with Gasteiger partial charge in [-0.1, -0.05) is 23.7 Å². The second-order valence-corrected chi connectivity index (χ2v) is 3.40. The molecule has 0 aliphatic heterocycles. The van der Waals surface area contributed by atoms with Crippen LogP contribution in [0.1, 0.15) is 5.56 Å². The first-order valence-electron chi connectivity index (χ1n) is 4.21. The number of ether oxygens (including phenoxy) is 1. The second kappa shape index (κ2) is 6.67. The van der Waals surface area contributed by atoms with Crippen molar-refractivity contribution in [1.82, 2.24) is 0 Å². The predicted molar refractivity (Wildman–Crippen MR) is 62.4 cm³/mol. The van der Waals surface area contributed by atoms with Gasteiger partial charge in [-0.25, -0.2) is 0 Å². The Kier molecular flexibility index (Phi) is 6.32. The number of hydrogen-bond acceptors (Lipinski definition) is 3. The van der Waals surface area contributed by atoms with Crippen molar-refractivity contribution in [2.75, 3.05) is 7.11 Å². The third-order valence-corrected chi connectivity index (χ3v) is 2.08. The van der Waals surface area contributed by atoms with E-state index in [2.05, 4.69) is 4.74 Å². The molecule has 1 aromatic carbocycles. The van der Waals surface area contributed by atoms with Crippen molar-refractivity contribution in [2.45, 2.75) is 12.5 Å². The van der Waals surface area contributed by atoms with E-state index >= 15 is 0 Å². The van der Waals surface area contributed by atoms with Crippen LogP contribution in [0.4, 0.5) is 0 Å². The van der Waals surface area contributed by atoms with Gasteiger partial charge >= 0.3 is 5.97 Å². The molecule has 0 bridgehead atoms. The first kappa shape index (κ1) is 14.2. The highest BCUT2D eigenvalue weighted by Gasteiger charge is 2.13. The summed E-state index contributed by atoms with van der Waals surface area (Å²) in [5, 5.41) is 0.638. The van der Waals surface area contributed by atoms with Gasteiger partial charge in [0, 0.05) is 5.02 Å². The van der Waals surface area contributed by atoms with Crippen molar-refractivity contribution < 1.29 is 9.53 Å². The minimum Gasteiger partial charge on any atom is -0.468 e. The van der Waals surface area contributed by atoms with Crippen LogP contribution in [0.25, 0.3) is 0 Å². The fourth-order valence-electron chi connectivity index (χ4n) is 1.15. The zero-order valence-corrected chi connectivity index (χ0v) is 9.85. The first-order chi connectivity index (χ1) is 6.63. The van der Waals surface area contributed by atoms with Crippen LogP contribution >= 0.6 is 24.0 Å². The smallest absolute Gasteiger partial charge is 0.322 e. The highest BCUT2D eigenvalue weighted by Crippen LogP contribution is 2.12. The summed E-state index contributed by atoms with van der Waals surface area (Å²) >= 11 is 5.78. The Balaban J connectivity index is 0.00000196. The summed E-state index contributed by atoms with van der Waals surface area (Å²) in [4.78, 5) is 11.0. The third-order valence-electron chi connectivity index (χ3n) is 1.85. The molecule has 0 spiro atoms. The van der Waals surface area contributed by atoms with Crippen LogP contribution in [-0.2, 0) is 16.0 Å².